The van der Waals surface area contributed by atoms with E-state index in [1.807, 2.05) is 49.3 Å². The first-order chi connectivity index (χ1) is 10.5. The van der Waals surface area contributed by atoms with Crippen LogP contribution in [-0.2, 0) is 10.0 Å². The van der Waals surface area contributed by atoms with Crippen LogP contribution >= 0.6 is 0 Å². The Morgan fingerprint density at radius 2 is 1.64 bits per heavy atom. The van der Waals surface area contributed by atoms with Gasteiger partial charge in [-0.1, -0.05) is 24.3 Å². The van der Waals surface area contributed by atoms with Crippen LogP contribution in [0.2, 0.25) is 0 Å². The van der Waals surface area contributed by atoms with Crippen molar-refractivity contribution in [2.75, 3.05) is 45.2 Å². The molecule has 2 aromatic rings. The van der Waals surface area contributed by atoms with Gasteiger partial charge in [-0.25, -0.2) is 8.42 Å². The van der Waals surface area contributed by atoms with E-state index in [0.29, 0.717) is 31.1 Å². The number of piperazine rings is 1. The maximum absolute atomic E-state index is 13.0. The Bertz CT molecular complexity index is 781. The number of rotatable bonds is 3. The Kier molecular flexibility index (Phi) is 4.08. The molecule has 118 valence electrons. The lowest BCUT2D eigenvalue weighted by molar-refractivity contribution is 0.360. The van der Waals surface area contributed by atoms with Crippen molar-refractivity contribution in [1.29, 1.82) is 0 Å². The zero-order chi connectivity index (χ0) is 15.7. The number of nitrogens with zero attached hydrogens (tertiary/aromatic N) is 2. The van der Waals surface area contributed by atoms with Crippen molar-refractivity contribution < 1.29 is 8.42 Å². The Hall–Kier alpha value is -1.63. The van der Waals surface area contributed by atoms with E-state index in [2.05, 4.69) is 5.32 Å². The highest BCUT2D eigenvalue weighted by Crippen LogP contribution is 2.32. The standard InChI is InChI=1S/C16H21N3O2S/c1-18(2)15-7-8-16(14-6-4-3-5-13(14)15)22(20,21)19-11-9-17-10-12-19/h3-8,17H,9-12H2,1-2H3. The molecule has 22 heavy (non-hydrogen) atoms. The quantitative estimate of drug-likeness (QED) is 0.931. The van der Waals surface area contributed by atoms with Crippen molar-refractivity contribution in [3.05, 3.63) is 36.4 Å². The number of hydrogen-bond acceptors (Lipinski definition) is 4. The lowest BCUT2D eigenvalue weighted by atomic mass is 10.1. The van der Waals surface area contributed by atoms with E-state index in [-0.39, 0.29) is 0 Å². The van der Waals surface area contributed by atoms with Gasteiger partial charge in [-0.05, 0) is 12.1 Å². The topological polar surface area (TPSA) is 52.7 Å². The fourth-order valence-corrected chi connectivity index (χ4v) is 4.53. The summed E-state index contributed by atoms with van der Waals surface area (Å²) in [5, 5.41) is 4.93. The molecular formula is C16H21N3O2S. The molecular weight excluding hydrogens is 298 g/mol. The smallest absolute Gasteiger partial charge is 0.243 e. The molecule has 3 rings (SSSR count). The van der Waals surface area contributed by atoms with Crippen molar-refractivity contribution in [3.8, 4) is 0 Å². The van der Waals surface area contributed by atoms with Crippen LogP contribution in [0, 0.1) is 0 Å². The summed E-state index contributed by atoms with van der Waals surface area (Å²) in [6.07, 6.45) is 0. The van der Waals surface area contributed by atoms with Crippen molar-refractivity contribution in [3.63, 3.8) is 0 Å². The zero-order valence-corrected chi connectivity index (χ0v) is 13.7. The van der Waals surface area contributed by atoms with Crippen LogP contribution in [0.15, 0.2) is 41.3 Å². The van der Waals surface area contributed by atoms with E-state index in [1.165, 1.54) is 0 Å². The molecule has 2 aromatic carbocycles. The largest absolute Gasteiger partial charge is 0.377 e. The fourth-order valence-electron chi connectivity index (χ4n) is 2.89. The van der Waals surface area contributed by atoms with E-state index in [1.54, 1.807) is 10.4 Å². The highest BCUT2D eigenvalue weighted by Gasteiger charge is 2.27. The minimum atomic E-state index is -3.46. The average molecular weight is 319 g/mol. The minimum absolute atomic E-state index is 0.399. The normalized spacial score (nSPS) is 16.8. The lowest BCUT2D eigenvalue weighted by Gasteiger charge is -2.27. The summed E-state index contributed by atoms with van der Waals surface area (Å²) in [4.78, 5) is 2.40. The van der Waals surface area contributed by atoms with Crippen molar-refractivity contribution in [1.82, 2.24) is 9.62 Å². The van der Waals surface area contributed by atoms with E-state index < -0.39 is 10.0 Å². The number of benzene rings is 2. The molecule has 0 spiro atoms. The second-order valence-electron chi connectivity index (χ2n) is 5.68. The summed E-state index contributed by atoms with van der Waals surface area (Å²) in [7, 11) is 0.473. The van der Waals surface area contributed by atoms with Crippen LogP contribution in [0.1, 0.15) is 0 Å². The third-order valence-corrected chi connectivity index (χ3v) is 5.99. The molecule has 0 aliphatic carbocycles. The van der Waals surface area contributed by atoms with Crippen LogP contribution < -0.4 is 10.2 Å². The van der Waals surface area contributed by atoms with E-state index in [0.717, 1.165) is 16.5 Å². The van der Waals surface area contributed by atoms with Crippen molar-refractivity contribution in [2.45, 2.75) is 4.90 Å². The predicted octanol–water partition coefficient (Wildman–Crippen LogP) is 1.50. The molecule has 1 N–H and O–H groups in total. The Morgan fingerprint density at radius 3 is 2.27 bits per heavy atom. The Labute approximate surface area is 131 Å². The van der Waals surface area contributed by atoms with Gasteiger partial charge in [0.1, 0.15) is 0 Å². The van der Waals surface area contributed by atoms with Gasteiger partial charge in [-0.2, -0.15) is 4.31 Å². The van der Waals surface area contributed by atoms with Gasteiger partial charge in [0.2, 0.25) is 10.0 Å². The summed E-state index contributed by atoms with van der Waals surface area (Å²) >= 11 is 0. The lowest BCUT2D eigenvalue weighted by Crippen LogP contribution is -2.46. The molecule has 5 nitrogen and oxygen atoms in total. The summed E-state index contributed by atoms with van der Waals surface area (Å²) in [6.45, 7) is 2.44. The van der Waals surface area contributed by atoms with Gasteiger partial charge in [0, 0.05) is 56.7 Å². The summed E-state index contributed by atoms with van der Waals surface area (Å²) in [6, 6.07) is 11.3. The van der Waals surface area contributed by atoms with Gasteiger partial charge in [-0.3, -0.25) is 0 Å². The van der Waals surface area contributed by atoms with E-state index >= 15 is 0 Å². The maximum Gasteiger partial charge on any atom is 0.243 e. The average Bonchev–Trinajstić information content (AvgIpc) is 2.54. The van der Waals surface area contributed by atoms with Crippen LogP contribution in [0.4, 0.5) is 5.69 Å². The first kappa shape index (κ1) is 15.3. The van der Waals surface area contributed by atoms with Gasteiger partial charge in [-0.15, -0.1) is 0 Å². The molecule has 0 atom stereocenters. The SMILES string of the molecule is CN(C)c1ccc(S(=O)(=O)N2CCNCC2)c2ccccc12. The zero-order valence-electron chi connectivity index (χ0n) is 12.9. The molecule has 0 unspecified atom stereocenters. The third kappa shape index (κ3) is 2.58. The van der Waals surface area contributed by atoms with E-state index in [4.69, 9.17) is 0 Å². The van der Waals surface area contributed by atoms with Gasteiger partial charge < -0.3 is 10.2 Å². The molecule has 0 radical (unpaired) electrons. The van der Waals surface area contributed by atoms with Gasteiger partial charge in [0.15, 0.2) is 0 Å². The third-order valence-electron chi connectivity index (χ3n) is 4.04. The molecule has 1 fully saturated rings. The molecule has 1 aliphatic heterocycles. The molecule has 1 heterocycles. The number of anilines is 1. The summed E-state index contributed by atoms with van der Waals surface area (Å²) in [5.74, 6) is 0. The molecule has 0 aromatic heterocycles. The summed E-state index contributed by atoms with van der Waals surface area (Å²) < 4.78 is 27.5. The monoisotopic (exact) mass is 319 g/mol. The highest BCUT2D eigenvalue weighted by molar-refractivity contribution is 7.89. The fraction of sp³-hybridized carbons (Fsp3) is 0.375. The Morgan fingerprint density at radius 1 is 1.00 bits per heavy atom. The minimum Gasteiger partial charge on any atom is -0.377 e. The molecule has 6 heteroatoms. The first-order valence-electron chi connectivity index (χ1n) is 7.42. The van der Waals surface area contributed by atoms with Crippen LogP contribution in [0.5, 0.6) is 0 Å². The second kappa shape index (κ2) is 5.87. The summed E-state index contributed by atoms with van der Waals surface area (Å²) in [5.41, 5.74) is 1.02. The maximum atomic E-state index is 13.0. The predicted molar refractivity (Wildman–Crippen MR) is 89.9 cm³/mol. The number of fused-ring (bicyclic) bond motifs is 1. The molecule has 0 bridgehead atoms. The van der Waals surface area contributed by atoms with Gasteiger partial charge in [0.05, 0.1) is 4.90 Å². The highest BCUT2D eigenvalue weighted by atomic mass is 32.2. The molecule has 1 saturated heterocycles. The van der Waals surface area contributed by atoms with Crippen LogP contribution in [0.3, 0.4) is 0 Å². The molecule has 1 aliphatic rings. The van der Waals surface area contributed by atoms with Crippen molar-refractivity contribution >= 4 is 26.5 Å². The number of sulfonamides is 1. The van der Waals surface area contributed by atoms with Crippen molar-refractivity contribution in [2.24, 2.45) is 0 Å². The van der Waals surface area contributed by atoms with Crippen LogP contribution in [0.25, 0.3) is 10.8 Å². The second-order valence-corrected chi connectivity index (χ2v) is 7.58. The van der Waals surface area contributed by atoms with Gasteiger partial charge in [0.25, 0.3) is 0 Å². The van der Waals surface area contributed by atoms with Crippen LogP contribution in [-0.4, -0.2) is 53.0 Å². The number of nitrogens with one attached hydrogen (secondary N) is 1. The number of hydrogen-bond donors (Lipinski definition) is 1. The first-order valence-corrected chi connectivity index (χ1v) is 8.86. The molecule has 0 saturated carbocycles. The van der Waals surface area contributed by atoms with Gasteiger partial charge >= 0.3 is 0 Å². The van der Waals surface area contributed by atoms with E-state index in [9.17, 15) is 8.42 Å². The molecule has 0 amide bonds. The Balaban J connectivity index is 2.17.